The SMILES string of the molecule is Cc1cc(C(C)NCC2(N(C)C)CCCC2)c(C)o1. The molecule has 1 aliphatic carbocycles. The van der Waals surface area contributed by atoms with Crippen LogP contribution in [-0.4, -0.2) is 31.1 Å². The summed E-state index contributed by atoms with van der Waals surface area (Å²) in [6.45, 7) is 7.36. The van der Waals surface area contributed by atoms with Crippen LogP contribution in [-0.2, 0) is 0 Å². The summed E-state index contributed by atoms with van der Waals surface area (Å²) < 4.78 is 5.63. The fourth-order valence-corrected chi connectivity index (χ4v) is 3.35. The summed E-state index contributed by atoms with van der Waals surface area (Å²) in [6.07, 6.45) is 5.34. The maximum atomic E-state index is 5.63. The molecule has 0 spiro atoms. The molecule has 1 atom stereocenters. The molecule has 0 aromatic carbocycles. The van der Waals surface area contributed by atoms with Crippen molar-refractivity contribution in [1.29, 1.82) is 0 Å². The van der Waals surface area contributed by atoms with Gasteiger partial charge in [-0.1, -0.05) is 12.8 Å². The van der Waals surface area contributed by atoms with Crippen molar-refractivity contribution in [2.24, 2.45) is 0 Å². The Kier molecular flexibility index (Phi) is 4.36. The maximum absolute atomic E-state index is 5.63. The zero-order chi connectivity index (χ0) is 14.0. The molecule has 1 heterocycles. The highest BCUT2D eigenvalue weighted by atomic mass is 16.3. The Morgan fingerprint density at radius 1 is 1.32 bits per heavy atom. The lowest BCUT2D eigenvalue weighted by Crippen LogP contribution is -2.50. The molecule has 1 fully saturated rings. The lowest BCUT2D eigenvalue weighted by atomic mass is 9.95. The van der Waals surface area contributed by atoms with E-state index in [1.54, 1.807) is 0 Å². The fraction of sp³-hybridized carbons (Fsp3) is 0.750. The summed E-state index contributed by atoms with van der Waals surface area (Å²) in [5.41, 5.74) is 1.64. The van der Waals surface area contributed by atoms with Gasteiger partial charge < -0.3 is 14.6 Å². The monoisotopic (exact) mass is 264 g/mol. The molecule has 1 aromatic heterocycles. The molecule has 3 nitrogen and oxygen atoms in total. The third-order valence-corrected chi connectivity index (χ3v) is 4.77. The van der Waals surface area contributed by atoms with E-state index in [0.29, 0.717) is 11.6 Å². The second-order valence-corrected chi connectivity index (χ2v) is 6.30. The van der Waals surface area contributed by atoms with Gasteiger partial charge in [-0.05, 0) is 53.8 Å². The lowest BCUT2D eigenvalue weighted by Gasteiger charge is -2.37. The first-order valence-electron chi connectivity index (χ1n) is 7.42. The minimum atomic E-state index is 0.348. The van der Waals surface area contributed by atoms with Crippen LogP contribution in [0.3, 0.4) is 0 Å². The van der Waals surface area contributed by atoms with Gasteiger partial charge in [-0.3, -0.25) is 0 Å². The van der Waals surface area contributed by atoms with E-state index in [2.05, 4.69) is 44.2 Å². The summed E-state index contributed by atoms with van der Waals surface area (Å²) in [6, 6.07) is 2.51. The van der Waals surface area contributed by atoms with Crippen molar-refractivity contribution < 1.29 is 4.42 Å². The minimum absolute atomic E-state index is 0.348. The first kappa shape index (κ1) is 14.6. The van der Waals surface area contributed by atoms with E-state index in [1.807, 2.05) is 6.92 Å². The van der Waals surface area contributed by atoms with E-state index in [-0.39, 0.29) is 0 Å². The molecule has 0 radical (unpaired) electrons. The number of hydrogen-bond donors (Lipinski definition) is 1. The first-order valence-corrected chi connectivity index (χ1v) is 7.42. The van der Waals surface area contributed by atoms with Crippen molar-refractivity contribution in [3.63, 3.8) is 0 Å². The first-order chi connectivity index (χ1) is 8.94. The van der Waals surface area contributed by atoms with Crippen molar-refractivity contribution >= 4 is 0 Å². The second-order valence-electron chi connectivity index (χ2n) is 6.30. The number of furan rings is 1. The summed E-state index contributed by atoms with van der Waals surface area (Å²) in [4.78, 5) is 2.41. The van der Waals surface area contributed by atoms with Crippen molar-refractivity contribution in [3.05, 3.63) is 23.2 Å². The van der Waals surface area contributed by atoms with Crippen LogP contribution in [0.4, 0.5) is 0 Å². The van der Waals surface area contributed by atoms with Crippen molar-refractivity contribution in [2.75, 3.05) is 20.6 Å². The van der Waals surface area contributed by atoms with E-state index in [4.69, 9.17) is 4.42 Å². The Morgan fingerprint density at radius 2 is 1.95 bits per heavy atom. The molecule has 19 heavy (non-hydrogen) atoms. The maximum Gasteiger partial charge on any atom is 0.105 e. The summed E-state index contributed by atoms with van der Waals surface area (Å²) in [5, 5.41) is 3.72. The van der Waals surface area contributed by atoms with Gasteiger partial charge in [0.25, 0.3) is 0 Å². The lowest BCUT2D eigenvalue weighted by molar-refractivity contribution is 0.150. The van der Waals surface area contributed by atoms with Gasteiger partial charge in [-0.25, -0.2) is 0 Å². The smallest absolute Gasteiger partial charge is 0.105 e. The Hall–Kier alpha value is -0.800. The van der Waals surface area contributed by atoms with Gasteiger partial charge in [0.1, 0.15) is 11.5 Å². The second kappa shape index (κ2) is 5.68. The highest BCUT2D eigenvalue weighted by molar-refractivity contribution is 5.23. The largest absolute Gasteiger partial charge is 0.466 e. The molecule has 0 saturated heterocycles. The highest BCUT2D eigenvalue weighted by Gasteiger charge is 2.35. The molecule has 1 saturated carbocycles. The van der Waals surface area contributed by atoms with Crippen LogP contribution >= 0.6 is 0 Å². The third-order valence-electron chi connectivity index (χ3n) is 4.77. The predicted molar refractivity (Wildman–Crippen MR) is 79.5 cm³/mol. The molecular formula is C16H28N2O. The van der Waals surface area contributed by atoms with Crippen molar-refractivity contribution in [1.82, 2.24) is 10.2 Å². The van der Waals surface area contributed by atoms with Gasteiger partial charge in [-0.15, -0.1) is 0 Å². The van der Waals surface area contributed by atoms with Crippen LogP contribution in [0.1, 0.15) is 55.7 Å². The number of rotatable bonds is 5. The Bertz CT molecular complexity index is 416. The molecule has 1 N–H and O–H groups in total. The van der Waals surface area contributed by atoms with Gasteiger partial charge in [0, 0.05) is 23.7 Å². The molecule has 0 aliphatic heterocycles. The number of nitrogens with zero attached hydrogens (tertiary/aromatic N) is 1. The van der Waals surface area contributed by atoms with Crippen molar-refractivity contribution in [2.45, 2.75) is 58.0 Å². The van der Waals surface area contributed by atoms with Gasteiger partial charge in [-0.2, -0.15) is 0 Å². The van der Waals surface area contributed by atoms with E-state index in [0.717, 1.165) is 18.1 Å². The molecule has 1 aliphatic rings. The van der Waals surface area contributed by atoms with Gasteiger partial charge in [0.15, 0.2) is 0 Å². The number of hydrogen-bond acceptors (Lipinski definition) is 3. The van der Waals surface area contributed by atoms with E-state index in [1.165, 1.54) is 31.2 Å². The van der Waals surface area contributed by atoms with Crippen LogP contribution in [0.25, 0.3) is 0 Å². The van der Waals surface area contributed by atoms with Crippen LogP contribution in [0.15, 0.2) is 10.5 Å². The zero-order valence-corrected chi connectivity index (χ0v) is 13.0. The summed E-state index contributed by atoms with van der Waals surface area (Å²) >= 11 is 0. The topological polar surface area (TPSA) is 28.4 Å². The number of likely N-dealkylation sites (N-methyl/N-ethyl adjacent to an activating group) is 1. The summed E-state index contributed by atoms with van der Waals surface area (Å²) in [7, 11) is 4.43. The van der Waals surface area contributed by atoms with E-state index >= 15 is 0 Å². The fourth-order valence-electron chi connectivity index (χ4n) is 3.35. The number of aryl methyl sites for hydroxylation is 2. The quantitative estimate of drug-likeness (QED) is 0.883. The van der Waals surface area contributed by atoms with Crippen LogP contribution in [0, 0.1) is 13.8 Å². The molecule has 0 bridgehead atoms. The molecule has 1 aromatic rings. The molecule has 108 valence electrons. The molecular weight excluding hydrogens is 236 g/mol. The number of nitrogens with one attached hydrogen (secondary N) is 1. The van der Waals surface area contributed by atoms with E-state index < -0.39 is 0 Å². The summed E-state index contributed by atoms with van der Waals surface area (Å²) in [5.74, 6) is 2.05. The average molecular weight is 264 g/mol. The third kappa shape index (κ3) is 3.03. The molecule has 1 unspecified atom stereocenters. The zero-order valence-electron chi connectivity index (χ0n) is 13.0. The highest BCUT2D eigenvalue weighted by Crippen LogP contribution is 2.34. The standard InChI is InChI=1S/C16H28N2O/c1-12-10-15(14(3)19-12)13(2)17-11-16(18(4)5)8-6-7-9-16/h10,13,17H,6-9,11H2,1-5H3. The molecule has 0 amide bonds. The Labute approximate surface area is 117 Å². The Morgan fingerprint density at radius 3 is 2.42 bits per heavy atom. The molecule has 3 heteroatoms. The molecule has 2 rings (SSSR count). The Balaban J connectivity index is 1.99. The normalized spacial score (nSPS) is 20.1. The minimum Gasteiger partial charge on any atom is -0.466 e. The van der Waals surface area contributed by atoms with Crippen LogP contribution < -0.4 is 5.32 Å². The van der Waals surface area contributed by atoms with Gasteiger partial charge in [0.05, 0.1) is 0 Å². The van der Waals surface area contributed by atoms with E-state index in [9.17, 15) is 0 Å². The van der Waals surface area contributed by atoms with Crippen LogP contribution in [0.5, 0.6) is 0 Å². The van der Waals surface area contributed by atoms with Gasteiger partial charge >= 0.3 is 0 Å². The van der Waals surface area contributed by atoms with Gasteiger partial charge in [0.2, 0.25) is 0 Å². The van der Waals surface area contributed by atoms with Crippen molar-refractivity contribution in [3.8, 4) is 0 Å². The van der Waals surface area contributed by atoms with Crippen LogP contribution in [0.2, 0.25) is 0 Å². The average Bonchev–Trinajstić information content (AvgIpc) is 2.94. The predicted octanol–water partition coefficient (Wildman–Crippen LogP) is 3.42.